The van der Waals surface area contributed by atoms with Crippen LogP contribution in [0.15, 0.2) is 24.4 Å². The lowest BCUT2D eigenvalue weighted by atomic mass is 10.1. The molecule has 1 fully saturated rings. The minimum absolute atomic E-state index is 0.719. The lowest BCUT2D eigenvalue weighted by Crippen LogP contribution is -2.45. The predicted octanol–water partition coefficient (Wildman–Crippen LogP) is 2.16. The quantitative estimate of drug-likeness (QED) is 0.873. The van der Waals surface area contributed by atoms with Gasteiger partial charge < -0.3 is 14.2 Å². The molecule has 0 aliphatic carbocycles. The lowest BCUT2D eigenvalue weighted by Gasteiger charge is -2.26. The highest BCUT2D eigenvalue weighted by Gasteiger charge is 2.13. The van der Waals surface area contributed by atoms with E-state index in [1.54, 1.807) is 25.6 Å². The molecule has 1 aliphatic rings. The molecule has 124 valence electrons. The Hall–Kier alpha value is -1.67. The van der Waals surface area contributed by atoms with Crippen LogP contribution >= 0.6 is 11.3 Å². The van der Waals surface area contributed by atoms with Crippen LogP contribution in [-0.2, 0) is 11.3 Å². The van der Waals surface area contributed by atoms with E-state index in [1.807, 2.05) is 24.4 Å². The molecule has 1 N–H and O–H groups in total. The van der Waals surface area contributed by atoms with Gasteiger partial charge in [-0.1, -0.05) is 0 Å². The van der Waals surface area contributed by atoms with Crippen molar-refractivity contribution in [3.63, 3.8) is 0 Å². The highest BCUT2D eigenvalue weighted by molar-refractivity contribution is 7.15. The van der Waals surface area contributed by atoms with E-state index in [2.05, 4.69) is 15.4 Å². The molecule has 1 aliphatic heterocycles. The predicted molar refractivity (Wildman–Crippen MR) is 89.9 cm³/mol. The fraction of sp³-hybridized carbons (Fsp3) is 0.438. The number of morpholine rings is 1. The fourth-order valence-electron chi connectivity index (χ4n) is 2.42. The summed E-state index contributed by atoms with van der Waals surface area (Å²) in [7, 11) is 3.34. The van der Waals surface area contributed by atoms with Gasteiger partial charge in [-0.25, -0.2) is 15.4 Å². The molecular weight excluding hydrogens is 314 g/mol. The molecule has 2 aromatic rings. The van der Waals surface area contributed by atoms with Gasteiger partial charge in [-0.15, -0.1) is 11.3 Å². The molecule has 7 heteroatoms. The number of aromatic nitrogens is 1. The number of nitrogens with zero attached hydrogens (tertiary/aromatic N) is 2. The first kappa shape index (κ1) is 16.2. The number of hydrogen-bond acceptors (Lipinski definition) is 7. The van der Waals surface area contributed by atoms with E-state index in [0.29, 0.717) is 0 Å². The third-order valence-corrected chi connectivity index (χ3v) is 4.72. The zero-order chi connectivity index (χ0) is 16.1. The Balaban J connectivity index is 1.71. The highest BCUT2D eigenvalue weighted by Crippen LogP contribution is 2.36. The summed E-state index contributed by atoms with van der Waals surface area (Å²) >= 11 is 1.66. The maximum atomic E-state index is 5.45. The summed E-state index contributed by atoms with van der Waals surface area (Å²) in [6, 6.07) is 5.79. The summed E-state index contributed by atoms with van der Waals surface area (Å²) in [5.41, 5.74) is 4.40. The molecule has 0 radical (unpaired) electrons. The number of thiazole rings is 1. The smallest absolute Gasteiger partial charge is 0.127 e. The van der Waals surface area contributed by atoms with Gasteiger partial charge in [-0.3, -0.25) is 0 Å². The van der Waals surface area contributed by atoms with Crippen LogP contribution < -0.4 is 14.9 Å². The van der Waals surface area contributed by atoms with Gasteiger partial charge in [-0.2, -0.15) is 0 Å². The molecule has 3 rings (SSSR count). The van der Waals surface area contributed by atoms with Gasteiger partial charge in [-0.05, 0) is 18.2 Å². The largest absolute Gasteiger partial charge is 0.497 e. The molecule has 0 saturated carbocycles. The van der Waals surface area contributed by atoms with E-state index in [9.17, 15) is 0 Å². The van der Waals surface area contributed by atoms with Crippen LogP contribution in [0.4, 0.5) is 0 Å². The van der Waals surface area contributed by atoms with Gasteiger partial charge in [0.15, 0.2) is 0 Å². The SMILES string of the molecule is COc1ccc(OC)c(-c2cnc(CNN3CCOCC3)s2)c1. The van der Waals surface area contributed by atoms with Crippen molar-refractivity contribution in [1.29, 1.82) is 0 Å². The van der Waals surface area contributed by atoms with E-state index >= 15 is 0 Å². The maximum absolute atomic E-state index is 5.45. The van der Waals surface area contributed by atoms with E-state index < -0.39 is 0 Å². The van der Waals surface area contributed by atoms with Crippen molar-refractivity contribution in [2.24, 2.45) is 0 Å². The molecule has 1 aromatic heterocycles. The third kappa shape index (κ3) is 4.00. The number of methoxy groups -OCH3 is 2. The number of hydrazine groups is 1. The number of ether oxygens (including phenoxy) is 3. The monoisotopic (exact) mass is 335 g/mol. The van der Waals surface area contributed by atoms with E-state index in [0.717, 1.165) is 59.8 Å². The Kier molecular flexibility index (Phi) is 5.45. The van der Waals surface area contributed by atoms with E-state index in [4.69, 9.17) is 14.2 Å². The van der Waals surface area contributed by atoms with E-state index in [1.165, 1.54) is 0 Å². The van der Waals surface area contributed by atoms with Crippen LogP contribution in [0.1, 0.15) is 5.01 Å². The summed E-state index contributed by atoms with van der Waals surface area (Å²) < 4.78 is 16.1. The molecule has 23 heavy (non-hydrogen) atoms. The molecule has 0 unspecified atom stereocenters. The van der Waals surface area contributed by atoms with Gasteiger partial charge >= 0.3 is 0 Å². The van der Waals surface area contributed by atoms with Crippen molar-refractivity contribution >= 4 is 11.3 Å². The Morgan fingerprint density at radius 3 is 2.83 bits per heavy atom. The summed E-state index contributed by atoms with van der Waals surface area (Å²) in [5, 5.41) is 3.22. The Morgan fingerprint density at radius 1 is 1.26 bits per heavy atom. The summed E-state index contributed by atoms with van der Waals surface area (Å²) in [6.45, 7) is 4.08. The first-order chi connectivity index (χ1) is 11.3. The number of benzene rings is 1. The molecular formula is C16H21N3O3S. The van der Waals surface area contributed by atoms with Gasteiger partial charge in [0.2, 0.25) is 0 Å². The normalized spacial score (nSPS) is 15.6. The minimum Gasteiger partial charge on any atom is -0.497 e. The van der Waals surface area contributed by atoms with Crippen LogP contribution in [0.25, 0.3) is 10.4 Å². The first-order valence-corrected chi connectivity index (χ1v) is 8.35. The van der Waals surface area contributed by atoms with Gasteiger partial charge in [0.1, 0.15) is 16.5 Å². The minimum atomic E-state index is 0.719. The second-order valence-electron chi connectivity index (χ2n) is 5.12. The molecule has 1 aromatic carbocycles. The van der Waals surface area contributed by atoms with Gasteiger partial charge in [0.05, 0.1) is 38.9 Å². The number of rotatable bonds is 6. The molecule has 1 saturated heterocycles. The van der Waals surface area contributed by atoms with Crippen LogP contribution in [0.5, 0.6) is 11.5 Å². The molecule has 6 nitrogen and oxygen atoms in total. The third-order valence-electron chi connectivity index (χ3n) is 3.69. The average molecular weight is 335 g/mol. The fourth-order valence-corrected chi connectivity index (χ4v) is 3.29. The Labute approximate surface area is 140 Å². The van der Waals surface area contributed by atoms with Crippen molar-refractivity contribution in [2.75, 3.05) is 40.5 Å². The average Bonchev–Trinajstić information content (AvgIpc) is 3.09. The van der Waals surface area contributed by atoms with Crippen LogP contribution in [0.2, 0.25) is 0 Å². The molecule has 0 atom stereocenters. The summed E-state index contributed by atoms with van der Waals surface area (Å²) in [5.74, 6) is 1.63. The second kappa shape index (κ2) is 7.74. The van der Waals surface area contributed by atoms with Crippen LogP contribution in [-0.4, -0.2) is 50.5 Å². The summed E-state index contributed by atoms with van der Waals surface area (Å²) in [4.78, 5) is 5.58. The van der Waals surface area contributed by atoms with Gasteiger partial charge in [0.25, 0.3) is 0 Å². The number of hydrogen-bond donors (Lipinski definition) is 1. The molecule has 0 spiro atoms. The zero-order valence-electron chi connectivity index (χ0n) is 13.4. The van der Waals surface area contributed by atoms with Crippen LogP contribution in [0.3, 0.4) is 0 Å². The van der Waals surface area contributed by atoms with Crippen molar-refractivity contribution in [1.82, 2.24) is 15.4 Å². The van der Waals surface area contributed by atoms with Crippen molar-refractivity contribution in [3.05, 3.63) is 29.4 Å². The van der Waals surface area contributed by atoms with Crippen molar-refractivity contribution in [2.45, 2.75) is 6.54 Å². The van der Waals surface area contributed by atoms with Crippen molar-refractivity contribution < 1.29 is 14.2 Å². The van der Waals surface area contributed by atoms with Crippen LogP contribution in [0, 0.1) is 0 Å². The molecule has 0 amide bonds. The standard InChI is InChI=1S/C16H21N3O3S/c1-20-12-3-4-14(21-2)13(9-12)15-10-17-16(23-15)11-18-19-5-7-22-8-6-19/h3-4,9-10,18H,5-8,11H2,1-2H3. The van der Waals surface area contributed by atoms with Gasteiger partial charge in [0, 0.05) is 24.8 Å². The number of nitrogens with one attached hydrogen (secondary N) is 1. The van der Waals surface area contributed by atoms with E-state index in [-0.39, 0.29) is 0 Å². The molecule has 2 heterocycles. The first-order valence-electron chi connectivity index (χ1n) is 7.53. The zero-order valence-corrected chi connectivity index (χ0v) is 14.2. The second-order valence-corrected chi connectivity index (χ2v) is 6.23. The Bertz CT molecular complexity index is 641. The van der Waals surface area contributed by atoms with Crippen molar-refractivity contribution in [3.8, 4) is 21.9 Å². The maximum Gasteiger partial charge on any atom is 0.127 e. The Morgan fingerprint density at radius 2 is 2.09 bits per heavy atom. The summed E-state index contributed by atoms with van der Waals surface area (Å²) in [6.07, 6.45) is 1.89. The lowest BCUT2D eigenvalue weighted by molar-refractivity contribution is 0.0105. The molecule has 0 bridgehead atoms. The highest BCUT2D eigenvalue weighted by atomic mass is 32.1. The topological polar surface area (TPSA) is 55.9 Å².